The molecule has 0 saturated heterocycles. The highest BCUT2D eigenvalue weighted by molar-refractivity contribution is 5.78. The number of rotatable bonds is 3. The molecule has 0 saturated carbocycles. The van der Waals surface area contributed by atoms with E-state index in [4.69, 9.17) is 4.74 Å². The summed E-state index contributed by atoms with van der Waals surface area (Å²) in [7, 11) is 3.19. The first kappa shape index (κ1) is 17.9. The highest BCUT2D eigenvalue weighted by Crippen LogP contribution is 2.22. The quantitative estimate of drug-likeness (QED) is 0.852. The van der Waals surface area contributed by atoms with Crippen molar-refractivity contribution in [3.8, 4) is 6.01 Å². The molecule has 0 atom stereocenters. The maximum Gasteiger partial charge on any atom is 0.417 e. The summed E-state index contributed by atoms with van der Waals surface area (Å²) in [6.07, 6.45) is -0.550. The Morgan fingerprint density at radius 3 is 2.14 bits per heavy atom. The van der Waals surface area contributed by atoms with Crippen molar-refractivity contribution in [3.05, 3.63) is 5.82 Å². The molecule has 2 amide bonds. The monoisotopic (exact) mass is 311 g/mol. The third-order valence-corrected chi connectivity index (χ3v) is 3.01. The number of carbonyl (C=O) groups excluding carboxylic acids is 2. The Bertz CT molecular complexity index is 541. The topological polar surface area (TPSA) is 80.6 Å². The molecule has 1 aromatic heterocycles. The third-order valence-electron chi connectivity index (χ3n) is 3.01. The van der Waals surface area contributed by atoms with Crippen molar-refractivity contribution in [2.75, 3.05) is 27.2 Å². The van der Waals surface area contributed by atoms with Gasteiger partial charge in [0, 0.05) is 32.6 Å². The van der Waals surface area contributed by atoms with Gasteiger partial charge in [-0.1, -0.05) is 20.8 Å². The summed E-state index contributed by atoms with van der Waals surface area (Å²) in [5.41, 5.74) is -0.367. The Kier molecular flexibility index (Phi) is 5.51. The minimum Gasteiger partial charge on any atom is -0.374 e. The molecule has 0 aromatic carbocycles. The molecule has 0 fully saturated rings. The fourth-order valence-corrected chi connectivity index (χ4v) is 1.62. The van der Waals surface area contributed by atoms with Crippen molar-refractivity contribution in [1.29, 1.82) is 0 Å². The molecule has 1 aromatic rings. The minimum atomic E-state index is -0.550. The van der Waals surface area contributed by atoms with Crippen LogP contribution >= 0.6 is 0 Å². The number of hydrogen-bond donors (Lipinski definition) is 0. The van der Waals surface area contributed by atoms with Crippen molar-refractivity contribution in [3.63, 3.8) is 0 Å². The van der Waals surface area contributed by atoms with Gasteiger partial charge in [0.2, 0.25) is 0 Å². The van der Waals surface area contributed by atoms with Crippen LogP contribution in [0.15, 0.2) is 0 Å². The largest absolute Gasteiger partial charge is 0.417 e. The van der Waals surface area contributed by atoms with E-state index in [1.807, 2.05) is 34.6 Å². The van der Waals surface area contributed by atoms with E-state index in [0.29, 0.717) is 18.9 Å². The lowest BCUT2D eigenvalue weighted by atomic mass is 9.96. The molecule has 8 heteroatoms. The lowest BCUT2D eigenvalue weighted by Gasteiger charge is -2.17. The van der Waals surface area contributed by atoms with Crippen LogP contribution < -0.4 is 4.74 Å². The number of amides is 2. The fourth-order valence-electron chi connectivity index (χ4n) is 1.62. The normalized spacial score (nSPS) is 11.2. The average Bonchev–Trinajstić information content (AvgIpc) is 2.82. The van der Waals surface area contributed by atoms with Crippen LogP contribution in [-0.4, -0.2) is 63.9 Å². The zero-order chi connectivity index (χ0) is 17.1. The van der Waals surface area contributed by atoms with E-state index in [2.05, 4.69) is 10.1 Å². The van der Waals surface area contributed by atoms with Gasteiger partial charge in [0.1, 0.15) is 0 Å². The van der Waals surface area contributed by atoms with Gasteiger partial charge >= 0.3 is 18.1 Å². The van der Waals surface area contributed by atoms with Crippen LogP contribution in [0.25, 0.3) is 0 Å². The van der Waals surface area contributed by atoms with Gasteiger partial charge in [0.25, 0.3) is 0 Å². The van der Waals surface area contributed by atoms with E-state index in [1.165, 1.54) is 9.80 Å². The number of aromatic nitrogens is 3. The summed E-state index contributed by atoms with van der Waals surface area (Å²) in [4.78, 5) is 31.3. The molecule has 1 rings (SSSR count). The minimum absolute atomic E-state index is 0.111. The Labute approximate surface area is 131 Å². The van der Waals surface area contributed by atoms with Gasteiger partial charge in [-0.2, -0.15) is 4.98 Å². The predicted octanol–water partition coefficient (Wildman–Crippen LogP) is 1.95. The summed E-state index contributed by atoms with van der Waals surface area (Å²) in [6, 6.07) is -0.536. The standard InChI is InChI=1S/C14H25N5O3/c1-8-18(9-2)13(21)22-11-15-10(14(3,4)5)16-19(11)12(20)17(6)7/h8-9H2,1-7H3. The Balaban J connectivity index is 3.19. The van der Waals surface area contributed by atoms with Gasteiger partial charge in [0.05, 0.1) is 0 Å². The molecule has 0 radical (unpaired) electrons. The number of carbonyl (C=O) groups is 2. The van der Waals surface area contributed by atoms with E-state index >= 15 is 0 Å². The van der Waals surface area contributed by atoms with Crippen molar-refractivity contribution in [1.82, 2.24) is 24.6 Å². The molecule has 0 bridgehead atoms. The van der Waals surface area contributed by atoms with Crippen LogP contribution in [0.5, 0.6) is 6.01 Å². The molecule has 1 heterocycles. The van der Waals surface area contributed by atoms with E-state index in [0.717, 1.165) is 4.68 Å². The molecule has 22 heavy (non-hydrogen) atoms. The molecule has 0 aliphatic carbocycles. The third kappa shape index (κ3) is 3.96. The van der Waals surface area contributed by atoms with E-state index in [9.17, 15) is 9.59 Å². The zero-order valence-corrected chi connectivity index (χ0v) is 14.4. The van der Waals surface area contributed by atoms with Gasteiger partial charge in [-0.25, -0.2) is 9.59 Å². The second kappa shape index (κ2) is 6.76. The number of hydrogen-bond acceptors (Lipinski definition) is 5. The average molecular weight is 311 g/mol. The van der Waals surface area contributed by atoms with Gasteiger partial charge in [0.15, 0.2) is 5.82 Å². The lowest BCUT2D eigenvalue weighted by molar-refractivity contribution is 0.150. The summed E-state index contributed by atoms with van der Waals surface area (Å²) in [5, 5.41) is 4.19. The van der Waals surface area contributed by atoms with Gasteiger partial charge in [-0.05, 0) is 13.8 Å². The van der Waals surface area contributed by atoms with E-state index in [1.54, 1.807) is 14.1 Å². The van der Waals surface area contributed by atoms with Crippen LogP contribution in [0.4, 0.5) is 9.59 Å². The lowest BCUT2D eigenvalue weighted by Crippen LogP contribution is -2.35. The fraction of sp³-hybridized carbons (Fsp3) is 0.714. The molecule has 0 N–H and O–H groups in total. The molecule has 0 unspecified atom stereocenters. The molecule has 124 valence electrons. The second-order valence-corrected chi connectivity index (χ2v) is 6.10. The SMILES string of the molecule is CCN(CC)C(=O)Oc1nc(C(C)(C)C)nn1C(=O)N(C)C. The highest BCUT2D eigenvalue weighted by atomic mass is 16.6. The van der Waals surface area contributed by atoms with Crippen LogP contribution in [0.2, 0.25) is 0 Å². The van der Waals surface area contributed by atoms with E-state index < -0.39 is 12.1 Å². The van der Waals surface area contributed by atoms with Crippen molar-refractivity contribution in [2.45, 2.75) is 40.0 Å². The summed E-state index contributed by atoms with van der Waals surface area (Å²) in [6.45, 7) is 10.5. The number of nitrogens with zero attached hydrogens (tertiary/aromatic N) is 5. The molecular weight excluding hydrogens is 286 g/mol. The molecule has 0 aliphatic rings. The molecule has 8 nitrogen and oxygen atoms in total. The highest BCUT2D eigenvalue weighted by Gasteiger charge is 2.28. The molecule has 0 aliphatic heterocycles. The summed E-state index contributed by atoms with van der Waals surface area (Å²) in [5.74, 6) is 0.435. The molecular formula is C14H25N5O3. The Hall–Kier alpha value is -2.12. The first-order valence-corrected chi connectivity index (χ1v) is 7.27. The van der Waals surface area contributed by atoms with Gasteiger partial charge in [-0.3, -0.25) is 0 Å². The van der Waals surface area contributed by atoms with E-state index in [-0.39, 0.29) is 11.4 Å². The second-order valence-electron chi connectivity index (χ2n) is 6.10. The first-order chi connectivity index (χ1) is 10.1. The summed E-state index contributed by atoms with van der Waals surface area (Å²) >= 11 is 0. The first-order valence-electron chi connectivity index (χ1n) is 7.27. The summed E-state index contributed by atoms with van der Waals surface area (Å²) < 4.78 is 6.28. The predicted molar refractivity (Wildman–Crippen MR) is 82.1 cm³/mol. The zero-order valence-electron chi connectivity index (χ0n) is 14.4. The van der Waals surface area contributed by atoms with Crippen LogP contribution in [-0.2, 0) is 5.41 Å². The maximum atomic E-state index is 12.2. The maximum absolute atomic E-state index is 12.2. The van der Waals surface area contributed by atoms with Gasteiger partial charge < -0.3 is 14.5 Å². The smallest absolute Gasteiger partial charge is 0.374 e. The van der Waals surface area contributed by atoms with Crippen LogP contribution in [0, 0.1) is 0 Å². The van der Waals surface area contributed by atoms with Crippen LogP contribution in [0.3, 0.4) is 0 Å². The molecule has 0 spiro atoms. The van der Waals surface area contributed by atoms with Crippen molar-refractivity contribution < 1.29 is 14.3 Å². The number of ether oxygens (including phenoxy) is 1. The van der Waals surface area contributed by atoms with Crippen LogP contribution in [0.1, 0.15) is 40.4 Å². The van der Waals surface area contributed by atoms with Gasteiger partial charge in [-0.15, -0.1) is 9.78 Å². The Morgan fingerprint density at radius 1 is 1.18 bits per heavy atom. The van der Waals surface area contributed by atoms with Crippen molar-refractivity contribution >= 4 is 12.1 Å². The van der Waals surface area contributed by atoms with Crippen molar-refractivity contribution in [2.24, 2.45) is 0 Å². The Morgan fingerprint density at radius 2 is 1.73 bits per heavy atom.